The molecule has 3 unspecified atom stereocenters. The maximum atomic E-state index is 2.43. The Labute approximate surface area is 95.5 Å². The largest absolute Gasteiger partial charge is 0.0914 e. The normalized spacial score (nSPS) is 31.2. The average molecular weight is 206 g/mol. The van der Waals surface area contributed by atoms with Crippen LogP contribution in [0.25, 0.3) is 0 Å². The summed E-state index contributed by atoms with van der Waals surface area (Å²) in [5.41, 5.74) is 1.67. The van der Waals surface area contributed by atoms with Gasteiger partial charge in [0.25, 0.3) is 0 Å². The first-order valence-corrected chi connectivity index (χ1v) is 6.59. The molecule has 0 nitrogen and oxygen atoms in total. The zero-order valence-electron chi connectivity index (χ0n) is 10.8. The third-order valence-electron chi connectivity index (χ3n) is 3.73. The van der Waals surface area contributed by atoms with Gasteiger partial charge in [-0.1, -0.05) is 51.0 Å². The number of hydrogen-bond donors (Lipinski definition) is 0. The molecule has 0 aliphatic heterocycles. The van der Waals surface area contributed by atoms with Crippen molar-refractivity contribution in [2.24, 2.45) is 17.8 Å². The van der Waals surface area contributed by atoms with Gasteiger partial charge < -0.3 is 0 Å². The molecule has 86 valence electrons. The molecule has 0 aromatic carbocycles. The van der Waals surface area contributed by atoms with E-state index >= 15 is 0 Å². The van der Waals surface area contributed by atoms with Gasteiger partial charge in [-0.3, -0.25) is 0 Å². The summed E-state index contributed by atoms with van der Waals surface area (Å²) < 4.78 is 0. The van der Waals surface area contributed by atoms with Crippen molar-refractivity contribution in [2.45, 2.75) is 53.4 Å². The van der Waals surface area contributed by atoms with Gasteiger partial charge in [-0.2, -0.15) is 0 Å². The highest BCUT2D eigenvalue weighted by Crippen LogP contribution is 2.53. The highest BCUT2D eigenvalue weighted by atomic mass is 14.5. The molecule has 1 saturated carbocycles. The number of hydrogen-bond acceptors (Lipinski definition) is 0. The van der Waals surface area contributed by atoms with Crippen molar-refractivity contribution in [3.8, 4) is 0 Å². The van der Waals surface area contributed by atoms with E-state index in [0.29, 0.717) is 0 Å². The van der Waals surface area contributed by atoms with Crippen molar-refractivity contribution in [3.63, 3.8) is 0 Å². The second kappa shape index (κ2) is 6.15. The Morgan fingerprint density at radius 2 is 1.87 bits per heavy atom. The van der Waals surface area contributed by atoms with E-state index in [-0.39, 0.29) is 0 Å². The first-order valence-electron chi connectivity index (χ1n) is 6.59. The molecule has 0 saturated heterocycles. The minimum atomic E-state index is 0.881. The average Bonchev–Trinajstić information content (AvgIpc) is 2.90. The van der Waals surface area contributed by atoms with Crippen molar-refractivity contribution in [1.29, 1.82) is 0 Å². The van der Waals surface area contributed by atoms with Crippen LogP contribution in [0, 0.1) is 17.8 Å². The molecule has 0 radical (unpaired) electrons. The standard InChI is InChI=1S/C15H26/c1-5-9-12(7-3)11-15-13(8-4)14(15)10-6-2/h6,9-10,13-15H,5,7-8,11H2,1-4H3. The lowest BCUT2D eigenvalue weighted by Gasteiger charge is -2.03. The predicted octanol–water partition coefficient (Wildman–Crippen LogP) is 4.97. The Kier molecular flexibility index (Phi) is 5.14. The Morgan fingerprint density at radius 1 is 1.13 bits per heavy atom. The lowest BCUT2D eigenvalue weighted by molar-refractivity contribution is 0.663. The van der Waals surface area contributed by atoms with Crippen LogP contribution in [-0.4, -0.2) is 0 Å². The second-order valence-corrected chi connectivity index (χ2v) is 4.67. The zero-order chi connectivity index (χ0) is 11.3. The number of allylic oxidation sites excluding steroid dienone is 4. The van der Waals surface area contributed by atoms with Gasteiger partial charge in [0, 0.05) is 0 Å². The summed E-state index contributed by atoms with van der Waals surface area (Å²) in [6.45, 7) is 9.00. The molecule has 0 amide bonds. The Hall–Kier alpha value is -0.520. The quantitative estimate of drug-likeness (QED) is 0.538. The van der Waals surface area contributed by atoms with E-state index in [1.54, 1.807) is 5.57 Å². The van der Waals surface area contributed by atoms with Gasteiger partial charge in [0.05, 0.1) is 0 Å². The van der Waals surface area contributed by atoms with Gasteiger partial charge in [0.2, 0.25) is 0 Å². The van der Waals surface area contributed by atoms with Crippen molar-refractivity contribution in [1.82, 2.24) is 0 Å². The van der Waals surface area contributed by atoms with Gasteiger partial charge in [0.1, 0.15) is 0 Å². The smallest absolute Gasteiger partial charge is 0.0168 e. The first-order chi connectivity index (χ1) is 7.28. The van der Waals surface area contributed by atoms with E-state index in [4.69, 9.17) is 0 Å². The monoisotopic (exact) mass is 206 g/mol. The van der Waals surface area contributed by atoms with E-state index in [2.05, 4.69) is 45.9 Å². The summed E-state index contributed by atoms with van der Waals surface area (Å²) in [4.78, 5) is 0. The fourth-order valence-electron chi connectivity index (χ4n) is 2.81. The maximum Gasteiger partial charge on any atom is -0.0168 e. The predicted molar refractivity (Wildman–Crippen MR) is 68.9 cm³/mol. The van der Waals surface area contributed by atoms with E-state index in [1.165, 1.54) is 25.7 Å². The van der Waals surface area contributed by atoms with Crippen molar-refractivity contribution in [3.05, 3.63) is 23.8 Å². The summed E-state index contributed by atoms with van der Waals surface area (Å²) in [5, 5.41) is 0. The van der Waals surface area contributed by atoms with Crippen molar-refractivity contribution >= 4 is 0 Å². The zero-order valence-corrected chi connectivity index (χ0v) is 10.8. The minimum absolute atomic E-state index is 0.881. The molecule has 1 rings (SSSR count). The van der Waals surface area contributed by atoms with Crippen LogP contribution in [0.4, 0.5) is 0 Å². The van der Waals surface area contributed by atoms with Crippen molar-refractivity contribution in [2.75, 3.05) is 0 Å². The lowest BCUT2D eigenvalue weighted by Crippen LogP contribution is -1.87. The molecule has 1 aliphatic carbocycles. The lowest BCUT2D eigenvalue weighted by atomic mass is 10.0. The molecule has 0 bridgehead atoms. The van der Waals surface area contributed by atoms with Crippen molar-refractivity contribution < 1.29 is 0 Å². The molecule has 0 N–H and O–H groups in total. The van der Waals surface area contributed by atoms with Gasteiger partial charge in [-0.15, -0.1) is 0 Å². The van der Waals surface area contributed by atoms with E-state index in [9.17, 15) is 0 Å². The maximum absolute atomic E-state index is 2.43. The van der Waals surface area contributed by atoms with Crippen LogP contribution in [0.15, 0.2) is 23.8 Å². The topological polar surface area (TPSA) is 0 Å². The summed E-state index contributed by atoms with van der Waals surface area (Å²) in [5.74, 6) is 2.80. The van der Waals surface area contributed by atoms with Crippen LogP contribution in [0.3, 0.4) is 0 Å². The van der Waals surface area contributed by atoms with Gasteiger partial charge >= 0.3 is 0 Å². The highest BCUT2D eigenvalue weighted by molar-refractivity contribution is 5.14. The van der Waals surface area contributed by atoms with Crippen LogP contribution in [0.1, 0.15) is 53.4 Å². The molecule has 0 heterocycles. The molecular weight excluding hydrogens is 180 g/mol. The second-order valence-electron chi connectivity index (χ2n) is 4.67. The summed E-state index contributed by atoms with van der Waals surface area (Å²) in [6.07, 6.45) is 12.2. The molecule has 15 heavy (non-hydrogen) atoms. The molecule has 1 aliphatic rings. The summed E-state index contributed by atoms with van der Waals surface area (Å²) in [7, 11) is 0. The van der Waals surface area contributed by atoms with Crippen LogP contribution < -0.4 is 0 Å². The minimum Gasteiger partial charge on any atom is -0.0914 e. The third-order valence-corrected chi connectivity index (χ3v) is 3.73. The van der Waals surface area contributed by atoms with Gasteiger partial charge in [-0.05, 0) is 43.9 Å². The van der Waals surface area contributed by atoms with Crippen LogP contribution in [0.2, 0.25) is 0 Å². The van der Waals surface area contributed by atoms with Crippen LogP contribution >= 0.6 is 0 Å². The summed E-state index contributed by atoms with van der Waals surface area (Å²) in [6, 6.07) is 0. The SMILES string of the molecule is CC=CC1C(CC)C1CC(=CCC)CC. The van der Waals surface area contributed by atoms with E-state index in [1.807, 2.05) is 0 Å². The third kappa shape index (κ3) is 3.22. The summed E-state index contributed by atoms with van der Waals surface area (Å²) >= 11 is 0. The number of rotatable bonds is 6. The van der Waals surface area contributed by atoms with E-state index in [0.717, 1.165) is 17.8 Å². The van der Waals surface area contributed by atoms with Gasteiger partial charge in [0.15, 0.2) is 0 Å². The van der Waals surface area contributed by atoms with Crippen LogP contribution in [-0.2, 0) is 0 Å². The first kappa shape index (κ1) is 12.5. The Morgan fingerprint density at radius 3 is 2.33 bits per heavy atom. The van der Waals surface area contributed by atoms with Crippen LogP contribution in [0.5, 0.6) is 0 Å². The molecule has 1 fully saturated rings. The molecule has 0 spiro atoms. The van der Waals surface area contributed by atoms with E-state index < -0.39 is 0 Å². The Bertz CT molecular complexity index is 234. The molecule has 3 atom stereocenters. The molecule has 0 aromatic rings. The molecular formula is C15H26. The van der Waals surface area contributed by atoms with Gasteiger partial charge in [-0.25, -0.2) is 0 Å². The fraction of sp³-hybridized carbons (Fsp3) is 0.733. The highest BCUT2D eigenvalue weighted by Gasteiger charge is 2.46. The molecule has 0 aromatic heterocycles. The molecule has 0 heteroatoms. The fourth-order valence-corrected chi connectivity index (χ4v) is 2.81. The Balaban J connectivity index is 2.48.